The molecule has 0 aromatic heterocycles. The van der Waals surface area contributed by atoms with Crippen LogP contribution < -0.4 is 9.47 Å². The minimum absolute atomic E-state index is 0. The van der Waals surface area contributed by atoms with Gasteiger partial charge in [-0.05, 0) is 54.6 Å². The maximum Gasteiger partial charge on any atom is 0.387 e. The molecule has 1 aliphatic rings. The number of halogens is 5. The third-order valence-corrected chi connectivity index (χ3v) is 4.36. The minimum atomic E-state index is -2.90. The largest absolute Gasteiger partial charge is 0.435 e. The molecular formula is C22H20ClF4NO3. The Kier molecular flexibility index (Phi) is 8.65. The molecule has 3 rings (SSSR count). The lowest BCUT2D eigenvalue weighted by atomic mass is 9.94. The Morgan fingerprint density at radius 2 is 1.13 bits per heavy atom. The first-order chi connectivity index (χ1) is 14.3. The van der Waals surface area contributed by atoms with E-state index in [4.69, 9.17) is 0 Å². The van der Waals surface area contributed by atoms with Gasteiger partial charge in [0.05, 0.1) is 0 Å². The van der Waals surface area contributed by atoms with E-state index in [1.807, 2.05) is 11.9 Å². The van der Waals surface area contributed by atoms with E-state index in [-0.39, 0.29) is 29.7 Å². The Hall–Kier alpha value is -2.84. The molecule has 0 bridgehead atoms. The fourth-order valence-electron chi connectivity index (χ4n) is 3.10. The first-order valence-corrected chi connectivity index (χ1v) is 9.04. The number of alkyl halides is 4. The smallest absolute Gasteiger partial charge is 0.387 e. The van der Waals surface area contributed by atoms with E-state index in [0.29, 0.717) is 35.4 Å². The molecule has 2 aromatic carbocycles. The van der Waals surface area contributed by atoms with Gasteiger partial charge >= 0.3 is 13.2 Å². The van der Waals surface area contributed by atoms with E-state index < -0.39 is 13.2 Å². The van der Waals surface area contributed by atoms with Crippen LogP contribution in [0.4, 0.5) is 17.6 Å². The molecule has 9 heteroatoms. The number of nitrogens with zero attached hydrogens (tertiary/aromatic N) is 1. The van der Waals surface area contributed by atoms with Crippen molar-refractivity contribution in [2.45, 2.75) is 13.2 Å². The number of likely N-dealkylation sites (tertiary alicyclic amines) is 1. The summed E-state index contributed by atoms with van der Waals surface area (Å²) < 4.78 is 57.7. The number of rotatable bonds is 6. The van der Waals surface area contributed by atoms with Crippen molar-refractivity contribution in [1.82, 2.24) is 4.90 Å². The summed E-state index contributed by atoms with van der Waals surface area (Å²) in [4.78, 5) is 14.9. The number of hydrogen-bond acceptors (Lipinski definition) is 4. The van der Waals surface area contributed by atoms with E-state index in [1.165, 1.54) is 24.3 Å². The first kappa shape index (κ1) is 24.4. The van der Waals surface area contributed by atoms with Crippen molar-refractivity contribution in [1.29, 1.82) is 0 Å². The van der Waals surface area contributed by atoms with Crippen molar-refractivity contribution < 1.29 is 31.8 Å². The standard InChI is InChI=1S/C22H19F4NO3.ClH/c1-27-12-16(10-14-2-6-18(7-3-14)29-21(23)24)20(28)17(13-27)11-15-4-8-19(9-5-15)30-22(25)26;/h2-11,21-22H,12-13H2,1H3;1H/b16-10-,17-11+;. The maximum atomic E-state index is 12.9. The molecule has 0 saturated carbocycles. The monoisotopic (exact) mass is 457 g/mol. The molecule has 0 spiro atoms. The molecule has 166 valence electrons. The molecule has 2 aromatic rings. The van der Waals surface area contributed by atoms with E-state index in [0.717, 1.165) is 0 Å². The van der Waals surface area contributed by atoms with Gasteiger partial charge in [0.25, 0.3) is 0 Å². The molecular weight excluding hydrogens is 438 g/mol. The third kappa shape index (κ3) is 7.11. The maximum absolute atomic E-state index is 12.9. The molecule has 1 fully saturated rings. The predicted molar refractivity (Wildman–Crippen MR) is 112 cm³/mol. The van der Waals surface area contributed by atoms with Crippen LogP contribution in [0.1, 0.15) is 11.1 Å². The Bertz CT molecular complexity index is 869. The molecule has 1 saturated heterocycles. The molecule has 1 aliphatic heterocycles. The fourth-order valence-corrected chi connectivity index (χ4v) is 3.10. The highest BCUT2D eigenvalue weighted by molar-refractivity contribution is 6.14. The van der Waals surface area contributed by atoms with Crippen LogP contribution in [-0.2, 0) is 4.79 Å². The van der Waals surface area contributed by atoms with Gasteiger partial charge in [0, 0.05) is 24.2 Å². The molecule has 1 heterocycles. The van der Waals surface area contributed by atoms with Crippen LogP contribution in [0.3, 0.4) is 0 Å². The van der Waals surface area contributed by atoms with E-state index in [2.05, 4.69) is 9.47 Å². The van der Waals surface area contributed by atoms with Crippen molar-refractivity contribution in [3.63, 3.8) is 0 Å². The second-order valence-electron chi connectivity index (χ2n) is 6.74. The lowest BCUT2D eigenvalue weighted by Gasteiger charge is -2.26. The lowest BCUT2D eigenvalue weighted by molar-refractivity contribution is -0.113. The second-order valence-corrected chi connectivity index (χ2v) is 6.74. The highest BCUT2D eigenvalue weighted by atomic mass is 35.5. The zero-order valence-electron chi connectivity index (χ0n) is 16.4. The Morgan fingerprint density at radius 1 is 0.774 bits per heavy atom. The summed E-state index contributed by atoms with van der Waals surface area (Å²) >= 11 is 0. The van der Waals surface area contributed by atoms with E-state index in [1.54, 1.807) is 36.4 Å². The summed E-state index contributed by atoms with van der Waals surface area (Å²) in [6, 6.07) is 12.0. The predicted octanol–water partition coefficient (Wildman–Crippen LogP) is 5.29. The molecule has 0 unspecified atom stereocenters. The number of benzene rings is 2. The molecule has 4 nitrogen and oxygen atoms in total. The summed E-state index contributed by atoms with van der Waals surface area (Å²) in [5, 5.41) is 0. The number of piperidine rings is 1. The molecule has 0 N–H and O–H groups in total. The molecule has 31 heavy (non-hydrogen) atoms. The lowest BCUT2D eigenvalue weighted by Crippen LogP contribution is -2.34. The number of hydrogen-bond donors (Lipinski definition) is 0. The van der Waals surface area contributed by atoms with Crippen molar-refractivity contribution in [3.8, 4) is 11.5 Å². The Labute approximate surface area is 183 Å². The van der Waals surface area contributed by atoms with Crippen LogP contribution in [-0.4, -0.2) is 44.0 Å². The van der Waals surface area contributed by atoms with Gasteiger partial charge in [0.2, 0.25) is 0 Å². The summed E-state index contributed by atoms with van der Waals surface area (Å²) in [6.07, 6.45) is 3.41. The molecule has 0 aliphatic carbocycles. The SMILES string of the molecule is CN1C/C(=C/c2ccc(OC(F)F)cc2)C(=O)/C(=C/c2ccc(OC(F)F)cc2)C1.Cl. The van der Waals surface area contributed by atoms with Gasteiger partial charge in [-0.1, -0.05) is 24.3 Å². The van der Waals surface area contributed by atoms with Crippen LogP contribution in [0.15, 0.2) is 59.7 Å². The van der Waals surface area contributed by atoms with Crippen LogP contribution in [0, 0.1) is 0 Å². The fraction of sp³-hybridized carbons (Fsp3) is 0.227. The van der Waals surface area contributed by atoms with E-state index >= 15 is 0 Å². The van der Waals surface area contributed by atoms with Gasteiger partial charge in [-0.25, -0.2) is 0 Å². The van der Waals surface area contributed by atoms with Gasteiger partial charge in [0.1, 0.15) is 11.5 Å². The van der Waals surface area contributed by atoms with Crippen molar-refractivity contribution >= 4 is 30.3 Å². The Morgan fingerprint density at radius 3 is 1.45 bits per heavy atom. The summed E-state index contributed by atoms with van der Waals surface area (Å²) in [7, 11) is 1.87. The average molecular weight is 458 g/mol. The van der Waals surface area contributed by atoms with Gasteiger partial charge in [0.15, 0.2) is 5.78 Å². The van der Waals surface area contributed by atoms with Crippen LogP contribution in [0.2, 0.25) is 0 Å². The topological polar surface area (TPSA) is 38.8 Å². The summed E-state index contributed by atoms with van der Waals surface area (Å²) in [6.45, 7) is -4.92. The number of ketones is 1. The highest BCUT2D eigenvalue weighted by Gasteiger charge is 2.24. The number of carbonyl (C=O) groups excluding carboxylic acids is 1. The van der Waals surface area contributed by atoms with Gasteiger partial charge in [-0.15, -0.1) is 12.4 Å². The normalized spacial score (nSPS) is 17.3. The third-order valence-electron chi connectivity index (χ3n) is 4.36. The quantitative estimate of drug-likeness (QED) is 0.436. The number of Topliss-reactive ketones (excluding diaryl/α,β-unsaturated/α-hetero) is 1. The summed E-state index contributed by atoms with van der Waals surface area (Å²) in [5.74, 6) is -0.0490. The first-order valence-electron chi connectivity index (χ1n) is 9.04. The van der Waals surface area contributed by atoms with Gasteiger partial charge in [-0.2, -0.15) is 17.6 Å². The van der Waals surface area contributed by atoms with Crippen LogP contribution in [0.25, 0.3) is 12.2 Å². The minimum Gasteiger partial charge on any atom is -0.435 e. The van der Waals surface area contributed by atoms with Crippen molar-refractivity contribution in [2.24, 2.45) is 0 Å². The van der Waals surface area contributed by atoms with Crippen molar-refractivity contribution in [2.75, 3.05) is 20.1 Å². The second kappa shape index (κ2) is 11.0. The van der Waals surface area contributed by atoms with Crippen LogP contribution >= 0.6 is 12.4 Å². The van der Waals surface area contributed by atoms with Gasteiger partial charge in [-0.3, -0.25) is 9.69 Å². The Balaban J connectivity index is 0.00000341. The number of likely N-dealkylation sites (N-methyl/N-ethyl adjacent to an activating group) is 1. The summed E-state index contributed by atoms with van der Waals surface area (Å²) in [5.41, 5.74) is 2.47. The number of ether oxygens (including phenoxy) is 2. The van der Waals surface area contributed by atoms with Crippen LogP contribution in [0.5, 0.6) is 11.5 Å². The molecule has 0 radical (unpaired) electrons. The molecule has 0 amide bonds. The zero-order valence-corrected chi connectivity index (χ0v) is 17.3. The zero-order chi connectivity index (χ0) is 21.7. The van der Waals surface area contributed by atoms with Crippen molar-refractivity contribution in [3.05, 3.63) is 70.8 Å². The van der Waals surface area contributed by atoms with E-state index in [9.17, 15) is 22.4 Å². The average Bonchev–Trinajstić information content (AvgIpc) is 2.67. The van der Waals surface area contributed by atoms with Gasteiger partial charge < -0.3 is 9.47 Å². The number of carbonyl (C=O) groups is 1. The highest BCUT2D eigenvalue weighted by Crippen LogP contribution is 2.23. The molecule has 0 atom stereocenters.